The maximum atomic E-state index is 3.82. The fourth-order valence-electron chi connectivity index (χ4n) is 2.46. The van der Waals surface area contributed by atoms with E-state index in [0.717, 1.165) is 0 Å². The molecule has 2 atom stereocenters. The number of hydrogen-bond donors (Lipinski definition) is 1. The maximum Gasteiger partial charge on any atom is 0.0447 e. The van der Waals surface area contributed by atoms with Gasteiger partial charge in [0.2, 0.25) is 0 Å². The van der Waals surface area contributed by atoms with Gasteiger partial charge < -0.3 is 5.32 Å². The van der Waals surface area contributed by atoms with Crippen LogP contribution in [0.3, 0.4) is 0 Å². The summed E-state index contributed by atoms with van der Waals surface area (Å²) in [5, 5.41) is 4.49. The lowest BCUT2D eigenvalue weighted by atomic mass is 9.93. The zero-order valence-electron chi connectivity index (χ0n) is 11.2. The van der Waals surface area contributed by atoms with Gasteiger partial charge in [0.15, 0.2) is 0 Å². The molecule has 1 aromatic carbocycles. The Balaban J connectivity index is 2.26. The van der Waals surface area contributed by atoms with Crippen molar-refractivity contribution < 1.29 is 0 Å². The summed E-state index contributed by atoms with van der Waals surface area (Å²) in [5.74, 6) is 1.90. The third-order valence-corrected chi connectivity index (χ3v) is 5.42. The molecule has 1 aliphatic heterocycles. The van der Waals surface area contributed by atoms with Crippen LogP contribution in [-0.2, 0) is 0 Å². The van der Waals surface area contributed by atoms with Crippen molar-refractivity contribution in [2.24, 2.45) is 5.92 Å². The molecule has 2 rings (SSSR count). The number of thioether (sulfide) groups is 1. The van der Waals surface area contributed by atoms with Gasteiger partial charge in [-0.05, 0) is 25.3 Å². The number of nitrogens with one attached hydrogen (secondary N) is 1. The lowest BCUT2D eigenvalue weighted by Gasteiger charge is -2.43. The van der Waals surface area contributed by atoms with Crippen LogP contribution < -0.4 is 5.32 Å². The summed E-state index contributed by atoms with van der Waals surface area (Å²) >= 11 is 2.12. The van der Waals surface area contributed by atoms with Gasteiger partial charge in [-0.1, -0.05) is 44.2 Å². The van der Waals surface area contributed by atoms with Crippen molar-refractivity contribution >= 4 is 11.8 Å². The quantitative estimate of drug-likeness (QED) is 0.854. The van der Waals surface area contributed by atoms with Crippen LogP contribution in [-0.4, -0.2) is 16.5 Å². The summed E-state index contributed by atoms with van der Waals surface area (Å²) in [6, 6.07) is 11.3. The van der Waals surface area contributed by atoms with Crippen LogP contribution in [0.15, 0.2) is 30.3 Å². The van der Waals surface area contributed by atoms with Crippen LogP contribution in [0.25, 0.3) is 0 Å². The van der Waals surface area contributed by atoms with Gasteiger partial charge in [-0.25, -0.2) is 0 Å². The Labute approximate surface area is 109 Å². The molecule has 0 bridgehead atoms. The fourth-order valence-corrected chi connectivity index (χ4v) is 3.95. The van der Waals surface area contributed by atoms with Crippen molar-refractivity contribution in [1.29, 1.82) is 0 Å². The number of benzene rings is 1. The molecule has 0 aromatic heterocycles. The van der Waals surface area contributed by atoms with Crippen molar-refractivity contribution in [3.63, 3.8) is 0 Å². The van der Waals surface area contributed by atoms with Gasteiger partial charge in [-0.2, -0.15) is 11.8 Å². The predicted molar refractivity (Wildman–Crippen MR) is 77.5 cm³/mol. The zero-order valence-corrected chi connectivity index (χ0v) is 12.1. The van der Waals surface area contributed by atoms with E-state index in [1.165, 1.54) is 11.3 Å². The van der Waals surface area contributed by atoms with Crippen LogP contribution in [0, 0.1) is 5.92 Å². The van der Waals surface area contributed by atoms with E-state index >= 15 is 0 Å². The smallest absolute Gasteiger partial charge is 0.0447 e. The normalized spacial score (nSPS) is 28.3. The van der Waals surface area contributed by atoms with E-state index < -0.39 is 0 Å². The summed E-state index contributed by atoms with van der Waals surface area (Å²) in [7, 11) is 0. The lowest BCUT2D eigenvalue weighted by molar-refractivity contribution is 0.321. The molecule has 1 aliphatic rings. The Hall–Kier alpha value is -0.470. The molecule has 0 spiro atoms. The van der Waals surface area contributed by atoms with Crippen LogP contribution in [0.1, 0.15) is 39.3 Å². The summed E-state index contributed by atoms with van der Waals surface area (Å²) in [5.41, 5.74) is 1.66. The number of hydrogen-bond acceptors (Lipinski definition) is 2. The van der Waals surface area contributed by atoms with Gasteiger partial charge >= 0.3 is 0 Å². The lowest BCUT2D eigenvalue weighted by Crippen LogP contribution is -2.52. The summed E-state index contributed by atoms with van der Waals surface area (Å²) in [6.07, 6.45) is 0. The Morgan fingerprint density at radius 3 is 2.47 bits per heavy atom. The summed E-state index contributed by atoms with van der Waals surface area (Å²) in [6.45, 7) is 9.25. The molecular formula is C15H23NS. The van der Waals surface area contributed by atoms with Gasteiger partial charge in [0.05, 0.1) is 0 Å². The zero-order chi connectivity index (χ0) is 12.5. The minimum atomic E-state index is 0.233. The monoisotopic (exact) mass is 249 g/mol. The van der Waals surface area contributed by atoms with Gasteiger partial charge in [0, 0.05) is 22.6 Å². The van der Waals surface area contributed by atoms with Gasteiger partial charge in [0.25, 0.3) is 0 Å². The van der Waals surface area contributed by atoms with E-state index in [-0.39, 0.29) is 5.54 Å². The maximum absolute atomic E-state index is 3.82. The van der Waals surface area contributed by atoms with Gasteiger partial charge in [-0.15, -0.1) is 0 Å². The van der Waals surface area contributed by atoms with E-state index in [9.17, 15) is 0 Å². The van der Waals surface area contributed by atoms with E-state index in [2.05, 4.69) is 75.1 Å². The Morgan fingerprint density at radius 2 is 1.88 bits per heavy atom. The topological polar surface area (TPSA) is 12.0 Å². The highest BCUT2D eigenvalue weighted by Gasteiger charge is 2.36. The molecule has 2 unspecified atom stereocenters. The molecule has 1 nitrogen and oxygen atoms in total. The molecule has 0 radical (unpaired) electrons. The third kappa shape index (κ3) is 3.05. The molecule has 1 heterocycles. The minimum absolute atomic E-state index is 0.233. The first kappa shape index (κ1) is 13.0. The Kier molecular flexibility index (Phi) is 3.84. The van der Waals surface area contributed by atoms with Crippen molar-refractivity contribution in [3.05, 3.63) is 35.9 Å². The van der Waals surface area contributed by atoms with E-state index in [1.807, 2.05) is 0 Å². The van der Waals surface area contributed by atoms with Crippen LogP contribution in [0.2, 0.25) is 0 Å². The molecule has 2 heteroatoms. The third-order valence-electron chi connectivity index (χ3n) is 3.33. The molecular weight excluding hydrogens is 226 g/mol. The second kappa shape index (κ2) is 5.03. The van der Waals surface area contributed by atoms with Crippen molar-refractivity contribution in [1.82, 2.24) is 5.32 Å². The molecule has 1 saturated heterocycles. The van der Waals surface area contributed by atoms with Gasteiger partial charge in [0.1, 0.15) is 0 Å². The molecule has 0 amide bonds. The summed E-state index contributed by atoms with van der Waals surface area (Å²) < 4.78 is 0. The second-order valence-electron chi connectivity index (χ2n) is 5.94. The molecule has 1 fully saturated rings. The highest BCUT2D eigenvalue weighted by atomic mass is 32.2. The van der Waals surface area contributed by atoms with Crippen LogP contribution in [0.5, 0.6) is 0 Å². The standard InChI is InChI=1S/C15H23NS/c1-11(2)14-13(12-8-6-5-7-9-12)16-15(3,4)10-17-14/h5-9,11,13-14,16H,10H2,1-4H3. The van der Waals surface area contributed by atoms with Crippen LogP contribution >= 0.6 is 11.8 Å². The fraction of sp³-hybridized carbons (Fsp3) is 0.600. The average Bonchev–Trinajstić information content (AvgIpc) is 2.28. The summed E-state index contributed by atoms with van der Waals surface area (Å²) in [4.78, 5) is 0. The van der Waals surface area contributed by atoms with E-state index in [4.69, 9.17) is 0 Å². The molecule has 17 heavy (non-hydrogen) atoms. The Morgan fingerprint density at radius 1 is 1.24 bits per heavy atom. The highest BCUT2D eigenvalue weighted by Crippen LogP contribution is 2.39. The van der Waals surface area contributed by atoms with Crippen molar-refractivity contribution in [2.75, 3.05) is 5.75 Å². The molecule has 0 saturated carbocycles. The first-order chi connectivity index (χ1) is 7.99. The largest absolute Gasteiger partial charge is 0.303 e. The molecule has 1 N–H and O–H groups in total. The SMILES string of the molecule is CC(C)C1SCC(C)(C)NC1c1ccccc1. The molecule has 0 aliphatic carbocycles. The molecule has 94 valence electrons. The van der Waals surface area contributed by atoms with E-state index in [1.54, 1.807) is 0 Å². The first-order valence-corrected chi connectivity index (χ1v) is 7.49. The minimum Gasteiger partial charge on any atom is -0.303 e. The van der Waals surface area contributed by atoms with Gasteiger partial charge in [-0.3, -0.25) is 0 Å². The van der Waals surface area contributed by atoms with Crippen molar-refractivity contribution in [3.8, 4) is 0 Å². The average molecular weight is 249 g/mol. The van der Waals surface area contributed by atoms with E-state index in [0.29, 0.717) is 17.2 Å². The predicted octanol–water partition coefficient (Wildman–Crippen LogP) is 3.87. The Bertz CT molecular complexity index is 358. The first-order valence-electron chi connectivity index (χ1n) is 6.44. The second-order valence-corrected chi connectivity index (χ2v) is 7.10. The van der Waals surface area contributed by atoms with Crippen molar-refractivity contribution in [2.45, 2.75) is 44.5 Å². The van der Waals surface area contributed by atoms with Crippen LogP contribution in [0.4, 0.5) is 0 Å². The number of rotatable bonds is 2. The highest BCUT2D eigenvalue weighted by molar-refractivity contribution is 8.00. The molecule has 1 aromatic rings.